The van der Waals surface area contributed by atoms with Crippen LogP contribution < -0.4 is 5.73 Å². The van der Waals surface area contributed by atoms with Crippen LogP contribution in [-0.2, 0) is 5.54 Å². The number of pyridine rings is 1. The van der Waals surface area contributed by atoms with Crippen LogP contribution in [-0.4, -0.2) is 14.6 Å². The van der Waals surface area contributed by atoms with Crippen LogP contribution in [0.3, 0.4) is 0 Å². The van der Waals surface area contributed by atoms with Crippen LogP contribution >= 0.6 is 15.9 Å². The topological polar surface area (TPSA) is 56.2 Å². The van der Waals surface area contributed by atoms with Crippen molar-refractivity contribution in [3.8, 4) is 0 Å². The normalized spacial score (nSPS) is 19.1. The number of hydrogen-bond acceptors (Lipinski definition) is 3. The molecule has 2 heterocycles. The van der Waals surface area contributed by atoms with E-state index in [2.05, 4.69) is 26.1 Å². The monoisotopic (exact) mass is 266 g/mol. The average Bonchev–Trinajstić information content (AvgIpc) is 2.57. The molecule has 0 radical (unpaired) electrons. The van der Waals surface area contributed by atoms with Gasteiger partial charge in [0.1, 0.15) is 0 Å². The van der Waals surface area contributed by atoms with Crippen LogP contribution in [0.2, 0.25) is 0 Å². The second-order valence-corrected chi connectivity index (χ2v) is 5.02. The third kappa shape index (κ3) is 1.30. The SMILES string of the molecule is NC1(c2nnc3ccc(Br)cn23)CCC1. The molecule has 0 bridgehead atoms. The lowest BCUT2D eigenvalue weighted by Crippen LogP contribution is -2.45. The zero-order chi connectivity index (χ0) is 10.5. The molecule has 2 N–H and O–H groups in total. The lowest BCUT2D eigenvalue weighted by molar-refractivity contribution is 0.236. The highest BCUT2D eigenvalue weighted by molar-refractivity contribution is 9.10. The second-order valence-electron chi connectivity index (χ2n) is 4.11. The van der Waals surface area contributed by atoms with Crippen molar-refractivity contribution >= 4 is 21.6 Å². The lowest BCUT2D eigenvalue weighted by Gasteiger charge is -2.36. The van der Waals surface area contributed by atoms with Gasteiger partial charge in [0.15, 0.2) is 11.5 Å². The molecule has 2 aromatic rings. The highest BCUT2D eigenvalue weighted by atomic mass is 79.9. The summed E-state index contributed by atoms with van der Waals surface area (Å²) in [5, 5.41) is 8.32. The predicted molar refractivity (Wildman–Crippen MR) is 60.4 cm³/mol. The number of nitrogens with zero attached hydrogens (tertiary/aromatic N) is 3. The summed E-state index contributed by atoms with van der Waals surface area (Å²) in [5.74, 6) is 0.880. The van der Waals surface area contributed by atoms with Crippen LogP contribution in [0, 0.1) is 0 Å². The molecule has 0 unspecified atom stereocenters. The molecule has 0 saturated heterocycles. The fraction of sp³-hybridized carbons (Fsp3) is 0.400. The van der Waals surface area contributed by atoms with Gasteiger partial charge < -0.3 is 5.73 Å². The van der Waals surface area contributed by atoms with Crippen LogP contribution in [0.4, 0.5) is 0 Å². The van der Waals surface area contributed by atoms with Gasteiger partial charge in [-0.1, -0.05) is 0 Å². The van der Waals surface area contributed by atoms with Gasteiger partial charge in [0.05, 0.1) is 5.54 Å². The zero-order valence-electron chi connectivity index (χ0n) is 8.15. The minimum atomic E-state index is -0.264. The largest absolute Gasteiger partial charge is 0.319 e. The van der Waals surface area contributed by atoms with E-state index >= 15 is 0 Å². The molecule has 1 fully saturated rings. The van der Waals surface area contributed by atoms with Crippen molar-refractivity contribution < 1.29 is 0 Å². The maximum absolute atomic E-state index is 6.25. The lowest BCUT2D eigenvalue weighted by atomic mass is 9.77. The van der Waals surface area contributed by atoms with E-state index in [1.165, 1.54) is 6.42 Å². The van der Waals surface area contributed by atoms with Gasteiger partial charge >= 0.3 is 0 Å². The summed E-state index contributed by atoms with van der Waals surface area (Å²) in [7, 11) is 0. The van der Waals surface area contributed by atoms with Crippen molar-refractivity contribution in [1.29, 1.82) is 0 Å². The molecule has 78 valence electrons. The van der Waals surface area contributed by atoms with Crippen molar-refractivity contribution in [2.24, 2.45) is 5.73 Å². The number of aromatic nitrogens is 3. The smallest absolute Gasteiger partial charge is 0.160 e. The number of fused-ring (bicyclic) bond motifs is 1. The minimum Gasteiger partial charge on any atom is -0.319 e. The van der Waals surface area contributed by atoms with E-state index in [4.69, 9.17) is 5.73 Å². The van der Waals surface area contributed by atoms with Gasteiger partial charge in [-0.15, -0.1) is 10.2 Å². The van der Waals surface area contributed by atoms with Gasteiger partial charge in [0.25, 0.3) is 0 Å². The van der Waals surface area contributed by atoms with Crippen LogP contribution in [0.15, 0.2) is 22.8 Å². The Morgan fingerprint density at radius 1 is 1.33 bits per heavy atom. The van der Waals surface area contributed by atoms with Gasteiger partial charge in [0.2, 0.25) is 0 Å². The third-order valence-electron chi connectivity index (χ3n) is 3.06. The van der Waals surface area contributed by atoms with Crippen molar-refractivity contribution in [1.82, 2.24) is 14.6 Å². The van der Waals surface area contributed by atoms with E-state index in [9.17, 15) is 0 Å². The summed E-state index contributed by atoms with van der Waals surface area (Å²) < 4.78 is 2.99. The Hall–Kier alpha value is -0.940. The van der Waals surface area contributed by atoms with Gasteiger partial charge in [-0.2, -0.15) is 0 Å². The summed E-state index contributed by atoms with van der Waals surface area (Å²) in [5.41, 5.74) is 6.83. The van der Waals surface area contributed by atoms with Crippen molar-refractivity contribution in [3.05, 3.63) is 28.6 Å². The number of nitrogens with two attached hydrogens (primary N) is 1. The third-order valence-corrected chi connectivity index (χ3v) is 3.53. The summed E-state index contributed by atoms with van der Waals surface area (Å²) >= 11 is 3.44. The maximum Gasteiger partial charge on any atom is 0.160 e. The summed E-state index contributed by atoms with van der Waals surface area (Å²) in [4.78, 5) is 0. The number of rotatable bonds is 1. The molecule has 0 aromatic carbocycles. The van der Waals surface area contributed by atoms with E-state index in [0.717, 1.165) is 28.8 Å². The van der Waals surface area contributed by atoms with E-state index in [-0.39, 0.29) is 5.54 Å². The molecular weight excluding hydrogens is 256 g/mol. The Bertz CT molecular complexity index is 515. The fourth-order valence-electron chi connectivity index (χ4n) is 1.99. The average molecular weight is 267 g/mol. The number of hydrogen-bond donors (Lipinski definition) is 1. The van der Waals surface area contributed by atoms with E-state index in [0.29, 0.717) is 0 Å². The summed E-state index contributed by atoms with van der Waals surface area (Å²) in [6, 6.07) is 3.89. The Morgan fingerprint density at radius 3 is 2.80 bits per heavy atom. The highest BCUT2D eigenvalue weighted by Crippen LogP contribution is 2.37. The quantitative estimate of drug-likeness (QED) is 0.857. The summed E-state index contributed by atoms with van der Waals surface area (Å²) in [6.07, 6.45) is 5.15. The molecule has 0 spiro atoms. The van der Waals surface area contributed by atoms with Crippen LogP contribution in [0.5, 0.6) is 0 Å². The van der Waals surface area contributed by atoms with Crippen molar-refractivity contribution in [2.75, 3.05) is 0 Å². The standard InChI is InChI=1S/C10H11BrN4/c11-7-2-3-8-13-14-9(15(8)6-7)10(12)4-1-5-10/h2-3,6H,1,4-5,12H2. The Kier molecular flexibility index (Phi) is 1.87. The first kappa shape index (κ1) is 9.30. The minimum absolute atomic E-state index is 0.264. The fourth-order valence-corrected chi connectivity index (χ4v) is 2.32. The van der Waals surface area contributed by atoms with Gasteiger partial charge in [-0.3, -0.25) is 4.40 Å². The van der Waals surface area contributed by atoms with E-state index in [1.807, 2.05) is 22.7 Å². The Labute approximate surface area is 95.6 Å². The van der Waals surface area contributed by atoms with Gasteiger partial charge in [-0.05, 0) is 47.3 Å². The molecule has 0 aliphatic heterocycles. The highest BCUT2D eigenvalue weighted by Gasteiger charge is 2.38. The maximum atomic E-state index is 6.25. The molecule has 1 aliphatic rings. The molecule has 2 aromatic heterocycles. The van der Waals surface area contributed by atoms with Crippen LogP contribution in [0.25, 0.3) is 5.65 Å². The summed E-state index contributed by atoms with van der Waals surface area (Å²) in [6.45, 7) is 0. The predicted octanol–water partition coefficient (Wildman–Crippen LogP) is 1.83. The van der Waals surface area contributed by atoms with Gasteiger partial charge in [-0.25, -0.2) is 0 Å². The molecule has 1 saturated carbocycles. The van der Waals surface area contributed by atoms with Crippen molar-refractivity contribution in [3.63, 3.8) is 0 Å². The zero-order valence-corrected chi connectivity index (χ0v) is 9.74. The first-order valence-corrected chi connectivity index (χ1v) is 5.78. The molecule has 15 heavy (non-hydrogen) atoms. The Morgan fingerprint density at radius 2 is 2.13 bits per heavy atom. The second kappa shape index (κ2) is 3.02. The molecule has 0 amide bonds. The first-order valence-electron chi connectivity index (χ1n) is 4.99. The Balaban J connectivity index is 2.22. The van der Waals surface area contributed by atoms with Crippen molar-refractivity contribution in [2.45, 2.75) is 24.8 Å². The van der Waals surface area contributed by atoms with E-state index < -0.39 is 0 Å². The van der Waals surface area contributed by atoms with E-state index in [1.54, 1.807) is 0 Å². The molecule has 1 aliphatic carbocycles. The first-order chi connectivity index (χ1) is 7.19. The molecular formula is C10H11BrN4. The molecule has 0 atom stereocenters. The number of halogens is 1. The van der Waals surface area contributed by atoms with Gasteiger partial charge in [0, 0.05) is 10.7 Å². The molecule has 3 rings (SSSR count). The molecule has 5 heteroatoms. The van der Waals surface area contributed by atoms with Crippen LogP contribution in [0.1, 0.15) is 25.1 Å². The molecule has 4 nitrogen and oxygen atoms in total.